The number of anilines is 2. The molecule has 2 aliphatic heterocycles. The number of rotatable bonds is 8. The predicted molar refractivity (Wildman–Crippen MR) is 129 cm³/mol. The van der Waals surface area contributed by atoms with Gasteiger partial charge in [-0.05, 0) is 56.0 Å². The second kappa shape index (κ2) is 10.6. The number of halogens is 1. The molecule has 0 unspecified atom stereocenters. The fourth-order valence-electron chi connectivity index (χ4n) is 4.48. The number of aryl methyl sites for hydroxylation is 2. The van der Waals surface area contributed by atoms with Crippen LogP contribution in [0.1, 0.15) is 30.4 Å². The number of aliphatic hydroxyl groups excluding tert-OH is 1. The number of unbranched alkanes of at least 4 members (excludes halogenated alkanes) is 1. The van der Waals surface area contributed by atoms with Gasteiger partial charge in [0.2, 0.25) is 5.91 Å². The van der Waals surface area contributed by atoms with Crippen LogP contribution >= 0.6 is 11.6 Å². The Hall–Kier alpha value is -2.28. The lowest BCUT2D eigenvalue weighted by Crippen LogP contribution is -2.46. The van der Waals surface area contributed by atoms with Gasteiger partial charge in [0.15, 0.2) is 0 Å². The van der Waals surface area contributed by atoms with Gasteiger partial charge in [-0.1, -0.05) is 29.8 Å². The van der Waals surface area contributed by atoms with E-state index in [0.717, 1.165) is 78.8 Å². The number of carbonyl (C=O) groups excluding carboxylic acids is 1. The molecule has 7 heteroatoms. The van der Waals surface area contributed by atoms with E-state index in [4.69, 9.17) is 16.3 Å². The quantitative estimate of drug-likeness (QED) is 0.610. The molecule has 0 aromatic heterocycles. The van der Waals surface area contributed by atoms with Gasteiger partial charge in [-0.25, -0.2) is 0 Å². The molecule has 172 valence electrons. The average molecular weight is 458 g/mol. The van der Waals surface area contributed by atoms with Gasteiger partial charge in [0, 0.05) is 38.7 Å². The highest BCUT2D eigenvalue weighted by Crippen LogP contribution is 2.31. The molecule has 0 bridgehead atoms. The number of ether oxygens (including phenoxy) is 1. The van der Waals surface area contributed by atoms with E-state index >= 15 is 0 Å². The Bertz CT molecular complexity index is 944. The van der Waals surface area contributed by atoms with Crippen molar-refractivity contribution in [3.63, 3.8) is 0 Å². The molecule has 4 rings (SSSR count). The van der Waals surface area contributed by atoms with Crippen LogP contribution in [0.25, 0.3) is 0 Å². The first-order chi connectivity index (χ1) is 15.6. The lowest BCUT2D eigenvalue weighted by Gasteiger charge is -2.36. The number of hydrogen-bond acceptors (Lipinski definition) is 5. The normalized spacial score (nSPS) is 16.9. The minimum Gasteiger partial charge on any atom is -0.494 e. The van der Waals surface area contributed by atoms with Crippen LogP contribution in [0.5, 0.6) is 5.75 Å². The Morgan fingerprint density at radius 1 is 1.03 bits per heavy atom. The van der Waals surface area contributed by atoms with Gasteiger partial charge in [0.05, 0.1) is 23.0 Å². The number of aliphatic hydroxyl groups is 1. The van der Waals surface area contributed by atoms with E-state index in [2.05, 4.69) is 34.9 Å². The third-order valence-corrected chi connectivity index (χ3v) is 6.91. The number of hydrogen-bond donors (Lipinski definition) is 1. The summed E-state index contributed by atoms with van der Waals surface area (Å²) in [6.07, 6.45) is 3.22. The van der Waals surface area contributed by atoms with Crippen LogP contribution in [0.4, 0.5) is 11.4 Å². The number of piperazine rings is 1. The Morgan fingerprint density at radius 2 is 1.84 bits per heavy atom. The SMILES string of the molecule is Cc1cccc(N2CCN(CCCCOc3ccc4c(c3)N(CO)C(=O)CC4)CC2)c1Cl. The minimum absolute atomic E-state index is 0.0399. The van der Waals surface area contributed by atoms with Crippen LogP contribution in [0.15, 0.2) is 36.4 Å². The topological polar surface area (TPSA) is 56.3 Å². The Balaban J connectivity index is 1.18. The number of amides is 1. The molecule has 32 heavy (non-hydrogen) atoms. The summed E-state index contributed by atoms with van der Waals surface area (Å²) in [6, 6.07) is 12.1. The van der Waals surface area contributed by atoms with E-state index in [-0.39, 0.29) is 12.6 Å². The zero-order valence-corrected chi connectivity index (χ0v) is 19.5. The van der Waals surface area contributed by atoms with Gasteiger partial charge < -0.3 is 14.7 Å². The van der Waals surface area contributed by atoms with Crippen molar-refractivity contribution < 1.29 is 14.6 Å². The molecule has 0 atom stereocenters. The molecule has 2 aromatic rings. The van der Waals surface area contributed by atoms with Crippen LogP contribution < -0.4 is 14.5 Å². The van der Waals surface area contributed by atoms with Gasteiger partial charge >= 0.3 is 0 Å². The van der Waals surface area contributed by atoms with Crippen LogP contribution in [0, 0.1) is 6.92 Å². The maximum atomic E-state index is 12.0. The van der Waals surface area contributed by atoms with Crippen molar-refractivity contribution in [2.75, 3.05) is 55.9 Å². The summed E-state index contributed by atoms with van der Waals surface area (Å²) in [7, 11) is 0. The fraction of sp³-hybridized carbons (Fsp3) is 0.480. The third kappa shape index (κ3) is 5.20. The molecule has 0 spiro atoms. The van der Waals surface area contributed by atoms with Crippen molar-refractivity contribution in [1.82, 2.24) is 4.90 Å². The zero-order valence-electron chi connectivity index (χ0n) is 18.7. The van der Waals surface area contributed by atoms with Gasteiger partial charge in [-0.2, -0.15) is 0 Å². The lowest BCUT2D eigenvalue weighted by atomic mass is 10.0. The maximum absolute atomic E-state index is 12.0. The maximum Gasteiger partial charge on any atom is 0.229 e. The number of nitrogens with zero attached hydrogens (tertiary/aromatic N) is 3. The molecule has 0 aliphatic carbocycles. The predicted octanol–water partition coefficient (Wildman–Crippen LogP) is 3.86. The van der Waals surface area contributed by atoms with E-state index in [1.807, 2.05) is 18.2 Å². The first-order valence-electron chi connectivity index (χ1n) is 11.5. The highest BCUT2D eigenvalue weighted by atomic mass is 35.5. The van der Waals surface area contributed by atoms with Gasteiger partial charge in [-0.15, -0.1) is 0 Å². The third-order valence-electron chi connectivity index (χ3n) is 6.42. The van der Waals surface area contributed by atoms with Crippen molar-refractivity contribution in [2.45, 2.75) is 32.6 Å². The van der Waals surface area contributed by atoms with Crippen molar-refractivity contribution >= 4 is 28.9 Å². The van der Waals surface area contributed by atoms with Crippen molar-refractivity contribution in [3.8, 4) is 5.75 Å². The van der Waals surface area contributed by atoms with Gasteiger partial charge in [0.25, 0.3) is 0 Å². The first kappa shape index (κ1) is 22.9. The van der Waals surface area contributed by atoms with Crippen molar-refractivity contribution in [1.29, 1.82) is 0 Å². The highest BCUT2D eigenvalue weighted by molar-refractivity contribution is 6.34. The van der Waals surface area contributed by atoms with E-state index in [9.17, 15) is 9.90 Å². The smallest absolute Gasteiger partial charge is 0.229 e. The molecule has 2 heterocycles. The van der Waals surface area contributed by atoms with Crippen molar-refractivity contribution in [3.05, 3.63) is 52.5 Å². The first-order valence-corrected chi connectivity index (χ1v) is 11.8. The number of fused-ring (bicyclic) bond motifs is 1. The average Bonchev–Trinajstić information content (AvgIpc) is 2.81. The Kier molecular flexibility index (Phi) is 7.55. The summed E-state index contributed by atoms with van der Waals surface area (Å²) in [5, 5.41) is 10.4. The fourth-order valence-corrected chi connectivity index (χ4v) is 4.72. The monoisotopic (exact) mass is 457 g/mol. The molecule has 1 amide bonds. The Labute approximate surface area is 195 Å². The van der Waals surface area contributed by atoms with Crippen LogP contribution in [0.2, 0.25) is 5.02 Å². The van der Waals surface area contributed by atoms with E-state index in [0.29, 0.717) is 19.4 Å². The molecule has 0 radical (unpaired) electrons. The molecule has 2 aromatic carbocycles. The standard InChI is InChI=1S/C25H32ClN3O3/c1-19-5-4-6-22(25(19)26)28-14-12-27(13-15-28)11-2-3-16-32-21-9-7-20-8-10-24(31)29(18-30)23(20)17-21/h4-7,9,17,30H,2-3,8,10-16,18H2,1H3. The minimum atomic E-state index is -0.293. The molecular formula is C25H32ClN3O3. The van der Waals surface area contributed by atoms with E-state index in [1.165, 1.54) is 4.90 Å². The Morgan fingerprint density at radius 3 is 2.62 bits per heavy atom. The van der Waals surface area contributed by atoms with E-state index < -0.39 is 0 Å². The van der Waals surface area contributed by atoms with Gasteiger partial charge in [0.1, 0.15) is 12.5 Å². The molecule has 6 nitrogen and oxygen atoms in total. The summed E-state index contributed by atoms with van der Waals surface area (Å²) in [5.41, 5.74) is 4.12. The number of carbonyl (C=O) groups is 1. The summed E-state index contributed by atoms with van der Waals surface area (Å²) in [4.78, 5) is 18.3. The van der Waals surface area contributed by atoms with Crippen LogP contribution in [-0.2, 0) is 11.2 Å². The van der Waals surface area contributed by atoms with Crippen LogP contribution in [0.3, 0.4) is 0 Å². The highest BCUT2D eigenvalue weighted by Gasteiger charge is 2.24. The molecule has 1 fully saturated rings. The summed E-state index contributed by atoms with van der Waals surface area (Å²) in [6.45, 7) is 7.54. The molecular weight excluding hydrogens is 426 g/mol. The second-order valence-corrected chi connectivity index (χ2v) is 8.92. The van der Waals surface area contributed by atoms with E-state index in [1.54, 1.807) is 0 Å². The molecule has 1 saturated heterocycles. The van der Waals surface area contributed by atoms with Crippen molar-refractivity contribution in [2.24, 2.45) is 0 Å². The zero-order chi connectivity index (χ0) is 22.5. The number of benzene rings is 2. The summed E-state index contributed by atoms with van der Waals surface area (Å²) < 4.78 is 5.93. The van der Waals surface area contributed by atoms with Gasteiger partial charge in [-0.3, -0.25) is 14.6 Å². The summed E-state index contributed by atoms with van der Waals surface area (Å²) in [5.74, 6) is 0.711. The molecule has 1 N–H and O–H groups in total. The molecule has 2 aliphatic rings. The summed E-state index contributed by atoms with van der Waals surface area (Å²) >= 11 is 6.49. The second-order valence-electron chi connectivity index (χ2n) is 8.55. The lowest BCUT2D eigenvalue weighted by molar-refractivity contribution is -0.119. The van der Waals surface area contributed by atoms with Crippen LogP contribution in [-0.4, -0.2) is 62.0 Å². The largest absolute Gasteiger partial charge is 0.494 e. The molecule has 0 saturated carbocycles.